The van der Waals surface area contributed by atoms with Gasteiger partial charge in [-0.1, -0.05) is 6.92 Å². The van der Waals surface area contributed by atoms with Crippen molar-refractivity contribution in [3.05, 3.63) is 0 Å². The van der Waals surface area contributed by atoms with Gasteiger partial charge in [-0.15, -0.1) is 0 Å². The molecule has 0 aromatic carbocycles. The van der Waals surface area contributed by atoms with Crippen LogP contribution >= 0.6 is 0 Å². The van der Waals surface area contributed by atoms with E-state index in [1.807, 2.05) is 13.8 Å². The number of nitrogens with zero attached hydrogens (tertiary/aromatic N) is 2. The Kier molecular flexibility index (Phi) is 6.51. The third kappa shape index (κ3) is 3.89. The van der Waals surface area contributed by atoms with Crippen LogP contribution in [0.4, 0.5) is 0 Å². The van der Waals surface area contributed by atoms with Gasteiger partial charge in [0, 0.05) is 45.9 Å². The Labute approximate surface area is 110 Å². The average molecular weight is 279 g/mol. The van der Waals surface area contributed by atoms with Crippen molar-refractivity contribution < 1.29 is 13.2 Å². The fourth-order valence-electron chi connectivity index (χ4n) is 1.97. The molecule has 6 nitrogen and oxygen atoms in total. The zero-order valence-corrected chi connectivity index (χ0v) is 12.4. The monoisotopic (exact) mass is 279 g/mol. The minimum atomic E-state index is -3.36. The minimum Gasteiger partial charge on any atom is -0.383 e. The second-order valence-electron chi connectivity index (χ2n) is 4.52. The van der Waals surface area contributed by atoms with E-state index in [-0.39, 0.29) is 6.04 Å². The molecule has 0 aliphatic carbocycles. The summed E-state index contributed by atoms with van der Waals surface area (Å²) in [5, 5.41) is 3.16. The maximum Gasteiger partial charge on any atom is 0.282 e. The molecule has 1 fully saturated rings. The highest BCUT2D eigenvalue weighted by Gasteiger charge is 2.32. The summed E-state index contributed by atoms with van der Waals surface area (Å²) in [5.41, 5.74) is 0. The van der Waals surface area contributed by atoms with Crippen LogP contribution in [0, 0.1) is 0 Å². The number of hydrogen-bond donors (Lipinski definition) is 1. The maximum absolute atomic E-state index is 12.6. The summed E-state index contributed by atoms with van der Waals surface area (Å²) in [4.78, 5) is 0. The molecule has 0 aromatic heterocycles. The Bertz CT molecular complexity index is 328. The van der Waals surface area contributed by atoms with Crippen LogP contribution in [-0.2, 0) is 14.9 Å². The molecule has 1 N–H and O–H groups in total. The first-order valence-electron chi connectivity index (χ1n) is 6.50. The normalized spacial score (nSPS) is 20.2. The van der Waals surface area contributed by atoms with Gasteiger partial charge in [0.1, 0.15) is 0 Å². The molecule has 0 bridgehead atoms. The second-order valence-corrected chi connectivity index (χ2v) is 6.40. The highest BCUT2D eigenvalue weighted by Crippen LogP contribution is 2.15. The van der Waals surface area contributed by atoms with E-state index in [1.54, 1.807) is 15.7 Å². The van der Waals surface area contributed by atoms with Crippen LogP contribution in [0.2, 0.25) is 0 Å². The quantitative estimate of drug-likeness (QED) is 0.706. The first-order chi connectivity index (χ1) is 8.54. The lowest BCUT2D eigenvalue weighted by molar-refractivity contribution is 0.162. The van der Waals surface area contributed by atoms with Crippen molar-refractivity contribution >= 4 is 10.2 Å². The number of rotatable bonds is 7. The molecule has 0 saturated carbocycles. The smallest absolute Gasteiger partial charge is 0.282 e. The van der Waals surface area contributed by atoms with Gasteiger partial charge in [-0.2, -0.15) is 17.0 Å². The fraction of sp³-hybridized carbons (Fsp3) is 1.00. The van der Waals surface area contributed by atoms with Crippen molar-refractivity contribution in [3.63, 3.8) is 0 Å². The number of nitrogens with one attached hydrogen (secondary N) is 1. The summed E-state index contributed by atoms with van der Waals surface area (Å²) >= 11 is 0. The SMILES string of the molecule is CCC(C)N(CCOC)S(=O)(=O)N1CCNCC1. The van der Waals surface area contributed by atoms with Crippen LogP contribution in [-0.4, -0.2) is 69.5 Å². The molecule has 1 heterocycles. The molecule has 108 valence electrons. The lowest BCUT2D eigenvalue weighted by Crippen LogP contribution is -2.54. The zero-order valence-electron chi connectivity index (χ0n) is 11.6. The highest BCUT2D eigenvalue weighted by molar-refractivity contribution is 7.86. The molecule has 1 aliphatic heterocycles. The van der Waals surface area contributed by atoms with E-state index in [0.29, 0.717) is 26.2 Å². The van der Waals surface area contributed by atoms with E-state index in [4.69, 9.17) is 4.74 Å². The lowest BCUT2D eigenvalue weighted by Gasteiger charge is -2.35. The Morgan fingerprint density at radius 1 is 1.39 bits per heavy atom. The summed E-state index contributed by atoms with van der Waals surface area (Å²) < 4.78 is 33.3. The van der Waals surface area contributed by atoms with Gasteiger partial charge in [0.2, 0.25) is 0 Å². The molecule has 1 unspecified atom stereocenters. The van der Waals surface area contributed by atoms with Crippen LogP contribution in [0.15, 0.2) is 0 Å². The van der Waals surface area contributed by atoms with Gasteiger partial charge in [-0.05, 0) is 13.3 Å². The van der Waals surface area contributed by atoms with Crippen molar-refractivity contribution in [2.45, 2.75) is 26.3 Å². The summed E-state index contributed by atoms with van der Waals surface area (Å²) in [6.45, 7) is 7.31. The first-order valence-corrected chi connectivity index (χ1v) is 7.90. The molecule has 0 amide bonds. The van der Waals surface area contributed by atoms with E-state index in [0.717, 1.165) is 19.5 Å². The summed E-state index contributed by atoms with van der Waals surface area (Å²) in [6, 6.07) is 0.0000331. The number of methoxy groups -OCH3 is 1. The lowest BCUT2D eigenvalue weighted by atomic mass is 10.3. The third-order valence-electron chi connectivity index (χ3n) is 3.30. The van der Waals surface area contributed by atoms with E-state index >= 15 is 0 Å². The van der Waals surface area contributed by atoms with E-state index < -0.39 is 10.2 Å². The van der Waals surface area contributed by atoms with Gasteiger partial charge >= 0.3 is 0 Å². The molecule has 0 radical (unpaired) electrons. The van der Waals surface area contributed by atoms with Crippen LogP contribution in [0.25, 0.3) is 0 Å². The predicted molar refractivity (Wildman–Crippen MR) is 71.7 cm³/mol. The standard InChI is InChI=1S/C11H25N3O3S/c1-4-11(2)14(9-10-17-3)18(15,16)13-7-5-12-6-8-13/h11-12H,4-10H2,1-3H3. The van der Waals surface area contributed by atoms with Gasteiger partial charge < -0.3 is 10.1 Å². The number of ether oxygens (including phenoxy) is 1. The van der Waals surface area contributed by atoms with Crippen molar-refractivity contribution in [2.75, 3.05) is 46.4 Å². The first kappa shape index (κ1) is 15.8. The highest BCUT2D eigenvalue weighted by atomic mass is 32.2. The Balaban J connectivity index is 2.80. The maximum atomic E-state index is 12.6. The Hall–Kier alpha value is -0.210. The number of piperazine rings is 1. The van der Waals surface area contributed by atoms with Crippen molar-refractivity contribution in [1.29, 1.82) is 0 Å². The Morgan fingerprint density at radius 2 is 2.00 bits per heavy atom. The Morgan fingerprint density at radius 3 is 2.50 bits per heavy atom. The van der Waals surface area contributed by atoms with Crippen LogP contribution in [0.5, 0.6) is 0 Å². The minimum absolute atomic E-state index is 0.0000331. The molecule has 1 rings (SSSR count). The molecule has 1 saturated heterocycles. The van der Waals surface area contributed by atoms with Gasteiger partial charge in [0.05, 0.1) is 6.61 Å². The van der Waals surface area contributed by atoms with Crippen LogP contribution in [0.1, 0.15) is 20.3 Å². The van der Waals surface area contributed by atoms with Crippen molar-refractivity contribution in [1.82, 2.24) is 13.9 Å². The van der Waals surface area contributed by atoms with E-state index in [9.17, 15) is 8.42 Å². The third-order valence-corrected chi connectivity index (χ3v) is 5.45. The summed E-state index contributed by atoms with van der Waals surface area (Å²) in [5.74, 6) is 0. The van der Waals surface area contributed by atoms with Crippen LogP contribution in [0.3, 0.4) is 0 Å². The molecule has 1 atom stereocenters. The molecule has 0 spiro atoms. The van der Waals surface area contributed by atoms with Gasteiger partial charge in [-0.25, -0.2) is 0 Å². The van der Waals surface area contributed by atoms with E-state index in [2.05, 4.69) is 5.32 Å². The summed E-state index contributed by atoms with van der Waals surface area (Å²) in [7, 11) is -1.77. The van der Waals surface area contributed by atoms with Gasteiger partial charge in [0.15, 0.2) is 0 Å². The predicted octanol–water partition coefficient (Wildman–Crippen LogP) is -0.117. The van der Waals surface area contributed by atoms with Gasteiger partial charge in [0.25, 0.3) is 10.2 Å². The van der Waals surface area contributed by atoms with Gasteiger partial charge in [-0.3, -0.25) is 0 Å². The molecule has 18 heavy (non-hydrogen) atoms. The zero-order chi connectivity index (χ0) is 13.6. The molecule has 1 aliphatic rings. The molecule has 0 aromatic rings. The average Bonchev–Trinajstić information content (AvgIpc) is 2.39. The second kappa shape index (κ2) is 7.40. The van der Waals surface area contributed by atoms with Crippen LogP contribution < -0.4 is 5.32 Å². The molecule has 7 heteroatoms. The number of hydrogen-bond acceptors (Lipinski definition) is 4. The van der Waals surface area contributed by atoms with E-state index in [1.165, 1.54) is 0 Å². The summed E-state index contributed by atoms with van der Waals surface area (Å²) in [6.07, 6.45) is 0.801. The van der Waals surface area contributed by atoms with Crippen molar-refractivity contribution in [2.24, 2.45) is 0 Å². The van der Waals surface area contributed by atoms with Crippen molar-refractivity contribution in [3.8, 4) is 0 Å². The largest absolute Gasteiger partial charge is 0.383 e. The molecular weight excluding hydrogens is 254 g/mol. The molecular formula is C11H25N3O3S. The topological polar surface area (TPSA) is 61.9 Å². The fourth-order valence-corrected chi connectivity index (χ4v) is 3.82.